The number of ether oxygens (including phenoxy) is 3. The molecule has 9 nitrogen and oxygen atoms in total. The number of benzene rings is 2. The van der Waals surface area contributed by atoms with E-state index in [9.17, 15) is 14.4 Å². The molecule has 3 aromatic rings. The van der Waals surface area contributed by atoms with Gasteiger partial charge in [0.2, 0.25) is 5.91 Å². The van der Waals surface area contributed by atoms with Crippen LogP contribution in [0.1, 0.15) is 29.3 Å². The Bertz CT molecular complexity index is 1310. The second-order valence-electron chi connectivity index (χ2n) is 9.02. The Hall–Kier alpha value is -3.53. The van der Waals surface area contributed by atoms with E-state index in [-0.39, 0.29) is 18.9 Å². The van der Waals surface area contributed by atoms with Crippen LogP contribution in [0, 0.1) is 6.92 Å². The number of nitrogens with zero attached hydrogens (tertiary/aromatic N) is 1. The first-order valence-corrected chi connectivity index (χ1v) is 11.5. The van der Waals surface area contributed by atoms with Crippen molar-refractivity contribution in [3.05, 3.63) is 104 Å². The summed E-state index contributed by atoms with van der Waals surface area (Å²) in [4.78, 5) is 39.6. The molecule has 35 heavy (non-hydrogen) atoms. The van der Waals surface area contributed by atoms with Crippen LogP contribution in [0.3, 0.4) is 0 Å². The van der Waals surface area contributed by atoms with Gasteiger partial charge in [-0.3, -0.25) is 19.1 Å². The molecule has 2 saturated heterocycles. The predicted molar refractivity (Wildman–Crippen MR) is 127 cm³/mol. The van der Waals surface area contributed by atoms with Crippen LogP contribution in [0.4, 0.5) is 0 Å². The van der Waals surface area contributed by atoms with Gasteiger partial charge in [-0.15, -0.1) is 0 Å². The Morgan fingerprint density at radius 3 is 2.34 bits per heavy atom. The summed E-state index contributed by atoms with van der Waals surface area (Å²) in [5.74, 6) is -0.213. The lowest BCUT2D eigenvalue weighted by Gasteiger charge is -2.38. The number of rotatable bonds is 8. The van der Waals surface area contributed by atoms with Crippen molar-refractivity contribution < 1.29 is 19.0 Å². The number of hydrogen-bond donors (Lipinski definition) is 2. The molecule has 2 N–H and O–H groups in total. The van der Waals surface area contributed by atoms with Gasteiger partial charge < -0.3 is 19.5 Å². The van der Waals surface area contributed by atoms with Gasteiger partial charge in [-0.1, -0.05) is 60.7 Å². The summed E-state index contributed by atoms with van der Waals surface area (Å²) in [6, 6.07) is 18.7. The van der Waals surface area contributed by atoms with E-state index in [1.807, 2.05) is 60.7 Å². The van der Waals surface area contributed by atoms with Crippen molar-refractivity contribution in [3.63, 3.8) is 0 Å². The number of amides is 1. The average molecular weight is 478 g/mol. The van der Waals surface area contributed by atoms with Crippen molar-refractivity contribution in [2.45, 2.75) is 50.5 Å². The van der Waals surface area contributed by atoms with Crippen LogP contribution >= 0.6 is 0 Å². The smallest absolute Gasteiger partial charge is 0.330 e. The molecule has 182 valence electrons. The van der Waals surface area contributed by atoms with Crippen LogP contribution < -0.4 is 16.6 Å². The van der Waals surface area contributed by atoms with E-state index in [1.165, 1.54) is 10.8 Å². The number of H-pyrrole nitrogens is 1. The summed E-state index contributed by atoms with van der Waals surface area (Å²) in [5, 5.41) is 2.94. The summed E-state index contributed by atoms with van der Waals surface area (Å²) in [6.45, 7) is 2.34. The minimum absolute atomic E-state index is 0.0192. The third-order valence-corrected chi connectivity index (χ3v) is 6.45. The summed E-state index contributed by atoms with van der Waals surface area (Å²) >= 11 is 0. The monoisotopic (exact) mass is 477 g/mol. The van der Waals surface area contributed by atoms with E-state index >= 15 is 0 Å². The number of aryl methyl sites for hydroxylation is 1. The van der Waals surface area contributed by atoms with Crippen molar-refractivity contribution in [1.82, 2.24) is 14.9 Å². The molecule has 1 aromatic heterocycles. The number of fused-ring (bicyclic) bond motifs is 2. The van der Waals surface area contributed by atoms with Crippen LogP contribution in [0.5, 0.6) is 0 Å². The third-order valence-electron chi connectivity index (χ3n) is 6.45. The molecule has 4 atom stereocenters. The fraction of sp³-hybridized carbons (Fsp3) is 0.346. The van der Waals surface area contributed by atoms with Crippen molar-refractivity contribution in [2.75, 3.05) is 6.61 Å². The standard InChI is InChI=1S/C26H27N3O6/c1-17-13-29(25(32)28-23(17)31)24-21-22(34-15-19-10-6-3-7-11-19)26(35-24,12-20(30)27-21)16-33-14-18-8-4-2-5-9-18/h2-11,13,21-22,24H,12,14-16H2,1H3,(H,27,30)(H,28,31,32)/t21-,22+,24-,26-/m1/s1. The fourth-order valence-corrected chi connectivity index (χ4v) is 4.76. The molecule has 2 aliphatic heterocycles. The van der Waals surface area contributed by atoms with E-state index < -0.39 is 35.2 Å². The molecule has 0 radical (unpaired) electrons. The minimum Gasteiger partial charge on any atom is -0.374 e. The molecular formula is C26H27N3O6. The maximum Gasteiger partial charge on any atom is 0.330 e. The van der Waals surface area contributed by atoms with E-state index in [1.54, 1.807) is 6.92 Å². The number of hydrogen-bond acceptors (Lipinski definition) is 6. The molecule has 2 bridgehead atoms. The van der Waals surface area contributed by atoms with Gasteiger partial charge in [-0.2, -0.15) is 0 Å². The highest BCUT2D eigenvalue weighted by molar-refractivity contribution is 5.79. The number of carbonyl (C=O) groups excluding carboxylic acids is 1. The zero-order valence-corrected chi connectivity index (χ0v) is 19.3. The molecule has 3 heterocycles. The Kier molecular flexibility index (Phi) is 6.38. The molecular weight excluding hydrogens is 450 g/mol. The molecule has 9 heteroatoms. The van der Waals surface area contributed by atoms with Crippen LogP contribution in [0.25, 0.3) is 0 Å². The molecule has 2 aromatic carbocycles. The molecule has 0 unspecified atom stereocenters. The highest BCUT2D eigenvalue weighted by atomic mass is 16.6. The van der Waals surface area contributed by atoms with E-state index in [4.69, 9.17) is 14.2 Å². The Labute approximate surface area is 201 Å². The minimum atomic E-state index is -1.11. The molecule has 0 saturated carbocycles. The van der Waals surface area contributed by atoms with Gasteiger partial charge in [-0.05, 0) is 18.1 Å². The second-order valence-corrected chi connectivity index (χ2v) is 9.02. The second kappa shape index (κ2) is 9.61. The first kappa shape index (κ1) is 23.2. The average Bonchev–Trinajstić information content (AvgIpc) is 3.04. The highest BCUT2D eigenvalue weighted by Gasteiger charge is 2.61. The van der Waals surface area contributed by atoms with Gasteiger partial charge in [0.05, 0.1) is 26.2 Å². The van der Waals surface area contributed by atoms with Gasteiger partial charge in [-0.25, -0.2) is 4.79 Å². The van der Waals surface area contributed by atoms with Crippen molar-refractivity contribution in [1.29, 1.82) is 0 Å². The topological polar surface area (TPSA) is 112 Å². The molecule has 5 rings (SSSR count). The van der Waals surface area contributed by atoms with Crippen LogP contribution in [0.15, 0.2) is 76.4 Å². The van der Waals surface area contributed by atoms with Crippen LogP contribution in [-0.2, 0) is 32.2 Å². The van der Waals surface area contributed by atoms with Gasteiger partial charge >= 0.3 is 5.69 Å². The quantitative estimate of drug-likeness (QED) is 0.512. The lowest BCUT2D eigenvalue weighted by atomic mass is 9.87. The van der Waals surface area contributed by atoms with E-state index in [0.717, 1.165) is 11.1 Å². The maximum absolute atomic E-state index is 12.7. The normalized spacial score (nSPS) is 25.4. The number of aromatic nitrogens is 2. The Morgan fingerprint density at radius 2 is 1.66 bits per heavy atom. The van der Waals surface area contributed by atoms with Crippen molar-refractivity contribution >= 4 is 5.91 Å². The van der Waals surface area contributed by atoms with Crippen LogP contribution in [-0.4, -0.2) is 39.8 Å². The first-order chi connectivity index (χ1) is 16.9. The Balaban J connectivity index is 1.46. The molecule has 2 aliphatic rings. The summed E-state index contributed by atoms with van der Waals surface area (Å²) in [6.07, 6.45) is 0.0162. The number of carbonyl (C=O) groups is 1. The zero-order chi connectivity index (χ0) is 24.4. The largest absolute Gasteiger partial charge is 0.374 e. The summed E-state index contributed by atoms with van der Waals surface area (Å²) < 4.78 is 20.1. The SMILES string of the molecule is Cc1cn([C@@H]2O[C@@]3(COCc4ccccc4)CC(=O)N[C@@H]2[C@@H]3OCc2ccccc2)c(=O)[nH]c1=O. The number of nitrogens with one attached hydrogen (secondary N) is 2. The van der Waals surface area contributed by atoms with Gasteiger partial charge in [0.1, 0.15) is 17.7 Å². The lowest BCUT2D eigenvalue weighted by Crippen LogP contribution is -2.60. The number of aromatic amines is 1. The van der Waals surface area contributed by atoms with Crippen LogP contribution in [0.2, 0.25) is 0 Å². The number of piperidine rings is 1. The van der Waals surface area contributed by atoms with Gasteiger partial charge in [0.25, 0.3) is 5.56 Å². The predicted octanol–water partition coefficient (Wildman–Crippen LogP) is 1.80. The van der Waals surface area contributed by atoms with Gasteiger partial charge in [0, 0.05) is 11.8 Å². The maximum atomic E-state index is 12.7. The zero-order valence-electron chi connectivity index (χ0n) is 19.3. The molecule has 1 amide bonds. The third kappa shape index (κ3) is 4.70. The first-order valence-electron chi connectivity index (χ1n) is 11.5. The van der Waals surface area contributed by atoms with Gasteiger partial charge in [0.15, 0.2) is 6.23 Å². The molecule has 0 spiro atoms. The lowest BCUT2D eigenvalue weighted by molar-refractivity contribution is -0.169. The molecule has 0 aliphatic carbocycles. The fourth-order valence-electron chi connectivity index (χ4n) is 4.76. The summed E-state index contributed by atoms with van der Waals surface area (Å²) in [5.41, 5.74) is 0.132. The van der Waals surface area contributed by atoms with Crippen molar-refractivity contribution in [2.24, 2.45) is 0 Å². The molecule has 2 fully saturated rings. The van der Waals surface area contributed by atoms with E-state index in [0.29, 0.717) is 18.8 Å². The van der Waals surface area contributed by atoms with Crippen molar-refractivity contribution in [3.8, 4) is 0 Å². The highest BCUT2D eigenvalue weighted by Crippen LogP contribution is 2.44. The van der Waals surface area contributed by atoms with E-state index in [2.05, 4.69) is 10.3 Å². The summed E-state index contributed by atoms with van der Waals surface area (Å²) in [7, 11) is 0. The Morgan fingerprint density at radius 1 is 1.00 bits per heavy atom.